The number of benzene rings is 1. The zero-order chi connectivity index (χ0) is 21.7. The van der Waals surface area contributed by atoms with Crippen LogP contribution in [0.1, 0.15) is 51.8 Å². The molecule has 1 aliphatic heterocycles. The fourth-order valence-electron chi connectivity index (χ4n) is 3.42. The lowest BCUT2D eigenvalue weighted by Gasteiger charge is -2.19. The summed E-state index contributed by atoms with van der Waals surface area (Å²) in [7, 11) is 3.80. The SMILES string of the molecule is CC(CC(=O)Nc1cccc(N2CCCC2)c1)Nc1nc(C(C)C)nc(N(C)C)n1. The summed E-state index contributed by atoms with van der Waals surface area (Å²) in [6.45, 7) is 8.21. The summed E-state index contributed by atoms with van der Waals surface area (Å²) in [5.41, 5.74) is 1.99. The van der Waals surface area contributed by atoms with Crippen molar-refractivity contribution < 1.29 is 4.79 Å². The quantitative estimate of drug-likeness (QED) is 0.687. The Hall–Kier alpha value is -2.90. The lowest BCUT2D eigenvalue weighted by Crippen LogP contribution is -2.26. The zero-order valence-electron chi connectivity index (χ0n) is 18.6. The van der Waals surface area contributed by atoms with Crippen LogP contribution in [0.2, 0.25) is 0 Å². The number of hydrogen-bond acceptors (Lipinski definition) is 7. The van der Waals surface area contributed by atoms with Gasteiger partial charge in [0.25, 0.3) is 0 Å². The minimum Gasteiger partial charge on any atom is -0.371 e. The molecule has 2 aromatic rings. The first-order chi connectivity index (χ1) is 14.3. The minimum absolute atomic E-state index is 0.0421. The molecule has 1 atom stereocenters. The number of carbonyl (C=O) groups is 1. The van der Waals surface area contributed by atoms with Gasteiger partial charge in [-0.15, -0.1) is 0 Å². The van der Waals surface area contributed by atoms with Gasteiger partial charge in [-0.1, -0.05) is 19.9 Å². The standard InChI is InChI=1S/C22H33N7O/c1-15(2)20-25-21(27-22(26-20)28(4)5)23-16(3)13-19(30)24-17-9-8-10-18(14-17)29-11-6-7-12-29/h8-10,14-16H,6-7,11-13H2,1-5H3,(H,24,30)(H,23,25,26,27). The molecule has 1 amide bonds. The topological polar surface area (TPSA) is 86.3 Å². The first-order valence-corrected chi connectivity index (χ1v) is 10.7. The van der Waals surface area contributed by atoms with E-state index in [9.17, 15) is 4.79 Å². The van der Waals surface area contributed by atoms with E-state index < -0.39 is 0 Å². The van der Waals surface area contributed by atoms with Gasteiger partial charge in [-0.3, -0.25) is 4.79 Å². The minimum atomic E-state index is -0.121. The number of nitrogens with one attached hydrogen (secondary N) is 2. The van der Waals surface area contributed by atoms with Gasteiger partial charge in [0.1, 0.15) is 5.82 Å². The number of nitrogens with zero attached hydrogens (tertiary/aromatic N) is 5. The van der Waals surface area contributed by atoms with Crippen molar-refractivity contribution in [2.24, 2.45) is 0 Å². The van der Waals surface area contributed by atoms with Crippen LogP contribution in [0.5, 0.6) is 0 Å². The number of anilines is 4. The largest absolute Gasteiger partial charge is 0.371 e. The van der Waals surface area contributed by atoms with E-state index in [-0.39, 0.29) is 17.9 Å². The molecule has 30 heavy (non-hydrogen) atoms. The number of hydrogen-bond donors (Lipinski definition) is 2. The van der Waals surface area contributed by atoms with Crippen LogP contribution in [0, 0.1) is 0 Å². The van der Waals surface area contributed by atoms with Gasteiger partial charge in [-0.25, -0.2) is 0 Å². The third-order valence-corrected chi connectivity index (χ3v) is 5.03. The molecule has 8 nitrogen and oxygen atoms in total. The molecule has 0 radical (unpaired) electrons. The van der Waals surface area contributed by atoms with Crippen LogP contribution in [0.3, 0.4) is 0 Å². The van der Waals surface area contributed by atoms with E-state index in [1.165, 1.54) is 18.5 Å². The molecular formula is C22H33N7O. The lowest BCUT2D eigenvalue weighted by atomic mass is 10.2. The molecule has 1 aromatic carbocycles. The fourth-order valence-corrected chi connectivity index (χ4v) is 3.42. The van der Waals surface area contributed by atoms with Crippen LogP contribution in [-0.2, 0) is 4.79 Å². The van der Waals surface area contributed by atoms with Gasteiger partial charge in [0, 0.05) is 56.9 Å². The summed E-state index contributed by atoms with van der Waals surface area (Å²) >= 11 is 0. The van der Waals surface area contributed by atoms with Gasteiger partial charge >= 0.3 is 0 Å². The van der Waals surface area contributed by atoms with E-state index in [2.05, 4.69) is 36.6 Å². The molecule has 0 bridgehead atoms. The molecule has 3 rings (SSSR count). The van der Waals surface area contributed by atoms with Crippen LogP contribution in [0.4, 0.5) is 23.3 Å². The molecule has 1 unspecified atom stereocenters. The normalized spacial score (nSPS) is 14.7. The molecule has 2 N–H and O–H groups in total. The Labute approximate surface area is 179 Å². The Balaban J connectivity index is 1.60. The molecule has 1 fully saturated rings. The van der Waals surface area contributed by atoms with E-state index >= 15 is 0 Å². The maximum atomic E-state index is 12.6. The lowest BCUT2D eigenvalue weighted by molar-refractivity contribution is -0.116. The van der Waals surface area contributed by atoms with Gasteiger partial charge in [0.15, 0.2) is 0 Å². The van der Waals surface area contributed by atoms with Gasteiger partial charge < -0.3 is 20.4 Å². The van der Waals surface area contributed by atoms with Crippen molar-refractivity contribution >= 4 is 29.2 Å². The molecule has 8 heteroatoms. The molecular weight excluding hydrogens is 378 g/mol. The second-order valence-corrected chi connectivity index (χ2v) is 8.41. The third kappa shape index (κ3) is 5.81. The van der Waals surface area contributed by atoms with Crippen molar-refractivity contribution in [1.29, 1.82) is 0 Å². The Bertz CT molecular complexity index is 836. The monoisotopic (exact) mass is 411 g/mol. The van der Waals surface area contributed by atoms with Crippen LogP contribution in [0.15, 0.2) is 24.3 Å². The molecule has 0 saturated carbocycles. The molecule has 1 saturated heterocycles. The van der Waals surface area contributed by atoms with Crippen LogP contribution < -0.4 is 20.4 Å². The maximum Gasteiger partial charge on any atom is 0.229 e. The van der Waals surface area contributed by atoms with Crippen LogP contribution in [-0.4, -0.2) is 54.1 Å². The van der Waals surface area contributed by atoms with E-state index in [1.54, 1.807) is 0 Å². The highest BCUT2D eigenvalue weighted by atomic mass is 16.1. The average Bonchev–Trinajstić information content (AvgIpc) is 3.22. The number of carbonyl (C=O) groups excluding carboxylic acids is 1. The molecule has 2 heterocycles. The highest BCUT2D eigenvalue weighted by molar-refractivity contribution is 5.91. The molecule has 1 aromatic heterocycles. The first kappa shape index (κ1) is 21.8. The van der Waals surface area contributed by atoms with E-state index in [0.29, 0.717) is 18.3 Å². The molecule has 1 aliphatic rings. The van der Waals surface area contributed by atoms with E-state index in [0.717, 1.165) is 24.6 Å². The summed E-state index contributed by atoms with van der Waals surface area (Å²) < 4.78 is 0. The molecule has 0 aliphatic carbocycles. The number of rotatable bonds is 8. The van der Waals surface area contributed by atoms with Crippen LogP contribution in [0.25, 0.3) is 0 Å². The Morgan fingerprint density at radius 2 is 1.87 bits per heavy atom. The maximum absolute atomic E-state index is 12.6. The Morgan fingerprint density at radius 3 is 2.53 bits per heavy atom. The van der Waals surface area contributed by atoms with E-state index in [1.807, 2.05) is 58.0 Å². The van der Waals surface area contributed by atoms with Gasteiger partial charge in [0.2, 0.25) is 17.8 Å². The molecule has 162 valence electrons. The van der Waals surface area contributed by atoms with Gasteiger partial charge in [-0.05, 0) is 38.0 Å². The van der Waals surface area contributed by atoms with Gasteiger partial charge in [0.05, 0.1) is 0 Å². The summed E-state index contributed by atoms with van der Waals surface area (Å²) in [4.78, 5) is 30.2. The number of aromatic nitrogens is 3. The number of amides is 1. The predicted molar refractivity (Wildman–Crippen MR) is 122 cm³/mol. The molecule has 0 spiro atoms. The summed E-state index contributed by atoms with van der Waals surface area (Å²) in [6, 6.07) is 7.95. The highest BCUT2D eigenvalue weighted by Crippen LogP contribution is 2.23. The first-order valence-electron chi connectivity index (χ1n) is 10.7. The average molecular weight is 412 g/mol. The Kier molecular flexibility index (Phi) is 7.07. The zero-order valence-corrected chi connectivity index (χ0v) is 18.6. The summed E-state index contributed by atoms with van der Waals surface area (Å²) in [5, 5.41) is 6.26. The van der Waals surface area contributed by atoms with Crippen molar-refractivity contribution in [1.82, 2.24) is 15.0 Å². The second-order valence-electron chi connectivity index (χ2n) is 8.41. The smallest absolute Gasteiger partial charge is 0.229 e. The highest BCUT2D eigenvalue weighted by Gasteiger charge is 2.16. The van der Waals surface area contributed by atoms with Crippen molar-refractivity contribution in [2.45, 2.75) is 52.0 Å². The van der Waals surface area contributed by atoms with Crippen molar-refractivity contribution in [3.63, 3.8) is 0 Å². The summed E-state index contributed by atoms with van der Waals surface area (Å²) in [6.07, 6.45) is 2.77. The van der Waals surface area contributed by atoms with Crippen molar-refractivity contribution in [2.75, 3.05) is 47.6 Å². The third-order valence-electron chi connectivity index (χ3n) is 5.03. The van der Waals surface area contributed by atoms with Crippen LogP contribution >= 0.6 is 0 Å². The Morgan fingerprint density at radius 1 is 1.13 bits per heavy atom. The van der Waals surface area contributed by atoms with Gasteiger partial charge in [-0.2, -0.15) is 15.0 Å². The van der Waals surface area contributed by atoms with E-state index in [4.69, 9.17) is 0 Å². The predicted octanol–water partition coefficient (Wildman–Crippen LogP) is 3.49. The summed E-state index contributed by atoms with van der Waals surface area (Å²) in [5.74, 6) is 1.97. The fraction of sp³-hybridized carbons (Fsp3) is 0.545. The second kappa shape index (κ2) is 9.73. The van der Waals surface area contributed by atoms with Crippen molar-refractivity contribution in [3.05, 3.63) is 30.1 Å². The van der Waals surface area contributed by atoms with Crippen molar-refractivity contribution in [3.8, 4) is 0 Å².